The number of piperazine rings is 1. The summed E-state index contributed by atoms with van der Waals surface area (Å²) in [5, 5.41) is 13.7. The molecule has 20 nitrogen and oxygen atoms in total. The molecule has 0 radical (unpaired) electrons. The summed E-state index contributed by atoms with van der Waals surface area (Å²) in [7, 11) is 0. The number of amides is 7. The van der Waals surface area contributed by atoms with Crippen molar-refractivity contribution in [1.82, 2.24) is 36.0 Å². The second-order valence-electron chi connectivity index (χ2n) is 16.9. The van der Waals surface area contributed by atoms with E-state index in [9.17, 15) is 33.6 Å². The third kappa shape index (κ3) is 15.1. The molecule has 3 aliphatic rings. The van der Waals surface area contributed by atoms with Crippen molar-refractivity contribution in [3.05, 3.63) is 54.1 Å². The topological polar surface area (TPSA) is 283 Å². The first-order valence-electron chi connectivity index (χ1n) is 22.7. The molecule has 2 aromatic rings. The van der Waals surface area contributed by atoms with Crippen molar-refractivity contribution in [2.75, 3.05) is 82.2 Å². The first-order chi connectivity index (χ1) is 31.2. The zero-order chi connectivity index (χ0) is 46.9. The number of hydrogen-bond donors (Lipinski definition) is 8. The molecule has 2 fully saturated rings. The minimum atomic E-state index is -1.05. The Hall–Kier alpha value is -5.96. The van der Waals surface area contributed by atoms with Gasteiger partial charge >= 0.3 is 0 Å². The van der Waals surface area contributed by atoms with E-state index in [1.54, 1.807) is 29.2 Å². The minimum absolute atomic E-state index is 0.0523. The Morgan fingerprint density at radius 2 is 1.48 bits per heavy atom. The van der Waals surface area contributed by atoms with Gasteiger partial charge in [0, 0.05) is 59.2 Å². The smallest absolute Gasteiger partial charge is 0.257 e. The van der Waals surface area contributed by atoms with Gasteiger partial charge in [-0.3, -0.25) is 58.6 Å². The number of rotatable bonds is 21. The maximum Gasteiger partial charge on any atom is 0.257 e. The van der Waals surface area contributed by atoms with Gasteiger partial charge in [-0.25, -0.2) is 0 Å². The number of benzene rings is 2. The van der Waals surface area contributed by atoms with Crippen LogP contribution in [0.25, 0.3) is 0 Å². The van der Waals surface area contributed by atoms with E-state index in [1.807, 2.05) is 29.2 Å². The molecule has 0 aliphatic carbocycles. The number of anilines is 3. The van der Waals surface area contributed by atoms with Gasteiger partial charge in [-0.1, -0.05) is 24.3 Å². The van der Waals surface area contributed by atoms with Crippen molar-refractivity contribution >= 4 is 64.4 Å². The molecule has 2 saturated heterocycles. The summed E-state index contributed by atoms with van der Waals surface area (Å²) in [4.78, 5) is 103. The highest BCUT2D eigenvalue weighted by Gasteiger charge is 2.32. The van der Waals surface area contributed by atoms with Crippen molar-refractivity contribution in [2.45, 2.75) is 83.3 Å². The molecule has 354 valence electrons. The largest absolute Gasteiger partial charge is 0.370 e. The summed E-state index contributed by atoms with van der Waals surface area (Å²) in [5.74, 6) is -2.13. The fraction of sp³-hybridized carbons (Fsp3) is 0.556. The fourth-order valence-electron chi connectivity index (χ4n) is 8.38. The number of nitrogens with one attached hydrogen (secondary N) is 5. The SMILES string of the molecule is CC(=O)N[C@@H](CCCN)C(=O)NC(=O)[C@H](C)NC(=O)[C@H](CCCN=C(N)N)NCCN1CCN(C(=O)CCC2CCN(CC(=O)N3c4ccccc4NC(=O)c4ccccc43)CC2)CC1. The van der Waals surface area contributed by atoms with Gasteiger partial charge in [-0.2, -0.15) is 0 Å². The molecular formula is C45H67N13O7. The number of nitrogens with zero attached hydrogens (tertiary/aromatic N) is 5. The standard InChI is InChI=1S/C45H67N13O7/c1-30(41(62)54-44(65)36(11-7-19-46)52-31(2)59)51-43(64)35(12-8-20-50-45(47)48)49-21-24-55-25-27-57(28-26-55)39(60)16-15-32-17-22-56(23-18-32)29-40(61)58-37-13-5-3-9-33(37)42(63)53-34-10-4-6-14-38(34)58/h3-6,9-10,13-14,30,32,35-36,49H,7-8,11-12,15-29,46H2,1-2H3,(H,51,64)(H,52,59)(H,53,63)(H4,47,48,50)(H,54,62,65)/t30-,35-,36-/m0/s1. The van der Waals surface area contributed by atoms with Crippen LogP contribution >= 0.6 is 0 Å². The van der Waals surface area contributed by atoms with E-state index in [1.165, 1.54) is 13.8 Å². The van der Waals surface area contributed by atoms with Crippen LogP contribution in [0, 0.1) is 5.92 Å². The number of fused-ring (bicyclic) bond motifs is 2. The first-order valence-corrected chi connectivity index (χ1v) is 22.7. The van der Waals surface area contributed by atoms with Crippen LogP contribution in [-0.2, 0) is 28.8 Å². The number of aliphatic imine (C=N–C) groups is 1. The lowest BCUT2D eigenvalue weighted by Crippen LogP contribution is -2.56. The molecule has 7 amide bonds. The molecule has 20 heteroatoms. The minimum Gasteiger partial charge on any atom is -0.370 e. The second-order valence-corrected chi connectivity index (χ2v) is 16.9. The van der Waals surface area contributed by atoms with E-state index < -0.39 is 41.8 Å². The molecule has 3 aliphatic heterocycles. The molecule has 5 rings (SSSR count). The van der Waals surface area contributed by atoms with Crippen molar-refractivity contribution < 1.29 is 33.6 Å². The Kier molecular flexibility index (Phi) is 19.2. The van der Waals surface area contributed by atoms with E-state index in [-0.39, 0.29) is 36.6 Å². The molecule has 3 heterocycles. The second kappa shape index (κ2) is 24.9. The summed E-state index contributed by atoms with van der Waals surface area (Å²) < 4.78 is 0. The van der Waals surface area contributed by atoms with Gasteiger partial charge in [0.25, 0.3) is 5.91 Å². The predicted molar refractivity (Wildman–Crippen MR) is 248 cm³/mol. The highest BCUT2D eigenvalue weighted by Crippen LogP contribution is 2.38. The molecule has 0 saturated carbocycles. The quantitative estimate of drug-likeness (QED) is 0.0465. The van der Waals surface area contributed by atoms with Crippen molar-refractivity contribution in [3.8, 4) is 0 Å². The molecule has 11 N–H and O–H groups in total. The number of nitrogens with two attached hydrogens (primary N) is 3. The Labute approximate surface area is 380 Å². The lowest BCUT2D eigenvalue weighted by molar-refractivity contribution is -0.136. The average molecular weight is 902 g/mol. The third-order valence-electron chi connectivity index (χ3n) is 12.1. The van der Waals surface area contributed by atoms with Gasteiger partial charge in [0.15, 0.2) is 5.96 Å². The Morgan fingerprint density at radius 3 is 2.17 bits per heavy atom. The van der Waals surface area contributed by atoms with Crippen LogP contribution in [0.2, 0.25) is 0 Å². The molecule has 0 unspecified atom stereocenters. The molecule has 0 aromatic heterocycles. The number of para-hydroxylation sites is 3. The van der Waals surface area contributed by atoms with Gasteiger partial charge in [-0.05, 0) is 102 Å². The number of guanidine groups is 1. The van der Waals surface area contributed by atoms with Crippen LogP contribution in [-0.4, -0.2) is 152 Å². The van der Waals surface area contributed by atoms with E-state index >= 15 is 0 Å². The normalized spacial score (nSPS) is 17.0. The number of carbonyl (C=O) groups excluding carboxylic acids is 7. The monoisotopic (exact) mass is 902 g/mol. The number of imide groups is 1. The molecule has 2 aromatic carbocycles. The summed E-state index contributed by atoms with van der Waals surface area (Å²) in [6, 6.07) is 11.8. The van der Waals surface area contributed by atoms with Crippen LogP contribution in [0.4, 0.5) is 17.1 Å². The van der Waals surface area contributed by atoms with E-state index in [0.717, 1.165) is 32.4 Å². The fourth-order valence-corrected chi connectivity index (χ4v) is 8.38. The van der Waals surface area contributed by atoms with Gasteiger partial charge < -0.3 is 43.4 Å². The van der Waals surface area contributed by atoms with Crippen LogP contribution in [0.3, 0.4) is 0 Å². The molecule has 65 heavy (non-hydrogen) atoms. The summed E-state index contributed by atoms with van der Waals surface area (Å²) in [6.45, 7) is 8.76. The number of carbonyl (C=O) groups is 7. The molecular weight excluding hydrogens is 835 g/mol. The summed E-state index contributed by atoms with van der Waals surface area (Å²) >= 11 is 0. The van der Waals surface area contributed by atoms with Gasteiger partial charge in [-0.15, -0.1) is 0 Å². The van der Waals surface area contributed by atoms with Crippen LogP contribution in [0.5, 0.6) is 0 Å². The van der Waals surface area contributed by atoms with E-state index in [4.69, 9.17) is 17.2 Å². The van der Waals surface area contributed by atoms with Gasteiger partial charge in [0.1, 0.15) is 12.1 Å². The van der Waals surface area contributed by atoms with E-state index in [0.29, 0.717) is 107 Å². The van der Waals surface area contributed by atoms with Crippen LogP contribution in [0.15, 0.2) is 53.5 Å². The highest BCUT2D eigenvalue weighted by molar-refractivity contribution is 6.18. The predicted octanol–water partition coefficient (Wildman–Crippen LogP) is -0.0437. The maximum atomic E-state index is 13.9. The Balaban J connectivity index is 1.02. The van der Waals surface area contributed by atoms with Crippen molar-refractivity contribution in [3.63, 3.8) is 0 Å². The summed E-state index contributed by atoms with van der Waals surface area (Å²) in [5.41, 5.74) is 18.7. The summed E-state index contributed by atoms with van der Waals surface area (Å²) in [6.07, 6.45) is 4.64. The Bertz CT molecular complexity index is 2010. The molecule has 3 atom stereocenters. The maximum absolute atomic E-state index is 13.9. The molecule has 0 spiro atoms. The van der Waals surface area contributed by atoms with Crippen molar-refractivity contribution in [2.24, 2.45) is 28.1 Å². The van der Waals surface area contributed by atoms with Gasteiger partial charge in [0.05, 0.1) is 35.2 Å². The zero-order valence-electron chi connectivity index (χ0n) is 37.7. The van der Waals surface area contributed by atoms with Crippen molar-refractivity contribution in [1.29, 1.82) is 0 Å². The number of piperidine rings is 1. The zero-order valence-corrected chi connectivity index (χ0v) is 37.7. The van der Waals surface area contributed by atoms with E-state index in [2.05, 4.69) is 41.4 Å². The lowest BCUT2D eigenvalue weighted by Gasteiger charge is -2.36. The van der Waals surface area contributed by atoms with Crippen LogP contribution < -0.4 is 48.7 Å². The lowest BCUT2D eigenvalue weighted by atomic mass is 9.92. The first kappa shape index (κ1) is 50.0. The number of hydrogen-bond acceptors (Lipinski definition) is 12. The molecule has 0 bridgehead atoms. The van der Waals surface area contributed by atoms with Gasteiger partial charge in [0.2, 0.25) is 35.4 Å². The Morgan fingerprint density at radius 1 is 0.800 bits per heavy atom. The van der Waals surface area contributed by atoms with Crippen LogP contribution in [0.1, 0.15) is 75.6 Å². The highest BCUT2D eigenvalue weighted by atomic mass is 16.2. The average Bonchev–Trinajstić information content (AvgIpc) is 3.41. The number of likely N-dealkylation sites (tertiary alicyclic amines) is 1. The third-order valence-corrected chi connectivity index (χ3v) is 12.1.